The number of aliphatic carboxylic acids is 1. The maximum Gasteiger partial charge on any atom is 0.326 e. The molecule has 0 aliphatic heterocycles. The first kappa shape index (κ1) is 17.3. The largest absolute Gasteiger partial charge is 0.480 e. The number of hydrogen-bond donors (Lipinski definition) is 2. The highest BCUT2D eigenvalue weighted by Gasteiger charge is 1.96. The quantitative estimate of drug-likeness (QED) is 0.896. The number of carbonyl (C=O) groups excluding carboxylic acids is 1. The van der Waals surface area contributed by atoms with Crippen LogP contribution in [0.25, 0.3) is 10.8 Å². The van der Waals surface area contributed by atoms with Gasteiger partial charge >= 0.3 is 16.5 Å². The Balaban J connectivity index is 0.000000261. The zero-order valence-electron chi connectivity index (χ0n) is 11.7. The summed E-state index contributed by atoms with van der Waals surface area (Å²) < 4.78 is 21.6. The molecule has 2 aromatic rings. The first-order valence-electron chi connectivity index (χ1n) is 6.13. The fourth-order valence-electron chi connectivity index (χ4n) is 1.58. The summed E-state index contributed by atoms with van der Waals surface area (Å²) in [5.41, 5.74) is 0.844. The minimum atomic E-state index is -2.59. The van der Waals surface area contributed by atoms with Crippen LogP contribution < -0.4 is 5.32 Å². The van der Waals surface area contributed by atoms with Gasteiger partial charge in [0.2, 0.25) is 5.91 Å². The van der Waals surface area contributed by atoms with Crippen LogP contribution in [0.3, 0.4) is 0 Å². The van der Waals surface area contributed by atoms with Crippen molar-refractivity contribution in [1.29, 1.82) is 0 Å². The Morgan fingerprint density at radius 3 is 2.27 bits per heavy atom. The number of nitrogens with one attached hydrogen (secondary N) is 1. The SMILES string of the molecule is CC(=O)Nc1ccc2ccccc2c1.O=C(O)CN=S(=O)=O. The average molecular weight is 322 g/mol. The number of carboxylic acid groups (broad SMARTS) is 1. The van der Waals surface area contributed by atoms with Crippen molar-refractivity contribution in [2.45, 2.75) is 6.92 Å². The van der Waals surface area contributed by atoms with E-state index in [1.807, 2.05) is 42.5 Å². The normalized spacial score (nSPS) is 9.32. The summed E-state index contributed by atoms with van der Waals surface area (Å²) >= 11 is 0. The lowest BCUT2D eigenvalue weighted by Crippen LogP contribution is -2.05. The highest BCUT2D eigenvalue weighted by atomic mass is 32.2. The first-order valence-corrected chi connectivity index (χ1v) is 7.16. The van der Waals surface area contributed by atoms with Gasteiger partial charge in [-0.05, 0) is 22.9 Å². The third-order valence-electron chi connectivity index (χ3n) is 2.38. The van der Waals surface area contributed by atoms with Crippen LogP contribution in [0.15, 0.2) is 46.8 Å². The third-order valence-corrected chi connectivity index (χ3v) is 2.71. The smallest absolute Gasteiger partial charge is 0.326 e. The van der Waals surface area contributed by atoms with Crippen LogP contribution >= 0.6 is 0 Å². The van der Waals surface area contributed by atoms with Crippen molar-refractivity contribution < 1.29 is 23.1 Å². The van der Waals surface area contributed by atoms with E-state index in [0.29, 0.717) is 0 Å². The molecule has 0 radical (unpaired) electrons. The van der Waals surface area contributed by atoms with Crippen molar-refractivity contribution in [1.82, 2.24) is 0 Å². The van der Waals surface area contributed by atoms with Gasteiger partial charge in [0, 0.05) is 12.6 Å². The second-order valence-corrected chi connectivity index (χ2v) is 4.83. The predicted octanol–water partition coefficient (Wildman–Crippen LogP) is 1.93. The van der Waals surface area contributed by atoms with Gasteiger partial charge in [-0.2, -0.15) is 12.8 Å². The number of carbonyl (C=O) groups is 2. The zero-order valence-corrected chi connectivity index (χ0v) is 12.5. The molecule has 0 saturated carbocycles. The summed E-state index contributed by atoms with van der Waals surface area (Å²) in [6.07, 6.45) is 0. The van der Waals surface area contributed by atoms with Crippen LogP contribution in [0.5, 0.6) is 0 Å². The fraction of sp³-hybridized carbons (Fsp3) is 0.143. The lowest BCUT2D eigenvalue weighted by atomic mass is 10.1. The van der Waals surface area contributed by atoms with Gasteiger partial charge in [0.25, 0.3) is 0 Å². The van der Waals surface area contributed by atoms with Crippen LogP contribution in [0.1, 0.15) is 6.92 Å². The van der Waals surface area contributed by atoms with E-state index in [4.69, 9.17) is 5.11 Å². The van der Waals surface area contributed by atoms with Crippen molar-refractivity contribution in [3.8, 4) is 0 Å². The van der Waals surface area contributed by atoms with Gasteiger partial charge in [0.15, 0.2) is 6.54 Å². The van der Waals surface area contributed by atoms with Crippen molar-refractivity contribution in [3.05, 3.63) is 42.5 Å². The molecule has 0 unspecified atom stereocenters. The molecule has 0 bridgehead atoms. The average Bonchev–Trinajstić information content (AvgIpc) is 2.45. The van der Waals surface area contributed by atoms with E-state index >= 15 is 0 Å². The summed E-state index contributed by atoms with van der Waals surface area (Å²) in [5, 5.41) is 12.9. The molecule has 0 aliphatic carbocycles. The Morgan fingerprint density at radius 1 is 1.14 bits per heavy atom. The van der Waals surface area contributed by atoms with Crippen molar-refractivity contribution >= 4 is 38.8 Å². The number of fused-ring (bicyclic) bond motifs is 1. The second-order valence-electron chi connectivity index (χ2n) is 4.14. The van der Waals surface area contributed by atoms with E-state index in [1.165, 1.54) is 12.3 Å². The summed E-state index contributed by atoms with van der Waals surface area (Å²) in [7, 11) is -2.59. The molecule has 0 saturated heterocycles. The van der Waals surface area contributed by atoms with E-state index in [-0.39, 0.29) is 5.91 Å². The zero-order chi connectivity index (χ0) is 16.5. The molecular formula is C14H14N2O5S. The number of benzene rings is 2. The molecule has 0 heterocycles. The van der Waals surface area contributed by atoms with E-state index in [2.05, 4.69) is 9.68 Å². The Labute approximate surface area is 128 Å². The molecule has 0 aliphatic rings. The molecule has 0 spiro atoms. The van der Waals surface area contributed by atoms with Crippen LogP contribution in [0, 0.1) is 0 Å². The molecule has 0 aromatic heterocycles. The fourth-order valence-corrected chi connectivity index (χ4v) is 1.79. The molecule has 2 N–H and O–H groups in total. The van der Waals surface area contributed by atoms with Gasteiger partial charge in [-0.15, -0.1) is 0 Å². The molecule has 7 nitrogen and oxygen atoms in total. The Bertz CT molecular complexity index is 807. The number of carboxylic acids is 1. The number of rotatable bonds is 3. The molecule has 8 heteroatoms. The predicted molar refractivity (Wildman–Crippen MR) is 82.1 cm³/mol. The maximum absolute atomic E-state index is 10.8. The number of hydrogen-bond acceptors (Lipinski definition) is 5. The maximum atomic E-state index is 10.8. The molecular weight excluding hydrogens is 308 g/mol. The van der Waals surface area contributed by atoms with Gasteiger partial charge in [0.05, 0.1) is 0 Å². The topological polar surface area (TPSA) is 113 Å². The molecule has 0 fully saturated rings. The van der Waals surface area contributed by atoms with E-state index in [0.717, 1.165) is 11.1 Å². The summed E-state index contributed by atoms with van der Waals surface area (Å²) in [6.45, 7) is 0.825. The molecule has 1 amide bonds. The van der Waals surface area contributed by atoms with Crippen LogP contribution in [-0.2, 0) is 20.1 Å². The Morgan fingerprint density at radius 2 is 1.77 bits per heavy atom. The van der Waals surface area contributed by atoms with Crippen LogP contribution in [-0.4, -0.2) is 31.9 Å². The van der Waals surface area contributed by atoms with Gasteiger partial charge in [-0.3, -0.25) is 9.59 Å². The summed E-state index contributed by atoms with van der Waals surface area (Å²) in [6, 6.07) is 13.9. The molecule has 0 atom stereocenters. The highest BCUT2D eigenvalue weighted by Crippen LogP contribution is 2.18. The lowest BCUT2D eigenvalue weighted by Gasteiger charge is -2.03. The van der Waals surface area contributed by atoms with E-state index in [1.54, 1.807) is 0 Å². The molecule has 2 aromatic carbocycles. The van der Waals surface area contributed by atoms with Gasteiger partial charge in [-0.1, -0.05) is 30.3 Å². The van der Waals surface area contributed by atoms with Crippen molar-refractivity contribution in [2.24, 2.45) is 4.36 Å². The molecule has 22 heavy (non-hydrogen) atoms. The first-order chi connectivity index (χ1) is 10.4. The van der Waals surface area contributed by atoms with E-state index < -0.39 is 23.0 Å². The second kappa shape index (κ2) is 8.53. The van der Waals surface area contributed by atoms with Crippen molar-refractivity contribution in [2.75, 3.05) is 11.9 Å². The Kier molecular flexibility index (Phi) is 6.71. The Hall–Kier alpha value is -2.74. The monoisotopic (exact) mass is 322 g/mol. The number of amides is 1. The van der Waals surface area contributed by atoms with Gasteiger partial charge in [-0.25, -0.2) is 0 Å². The lowest BCUT2D eigenvalue weighted by molar-refractivity contribution is -0.135. The highest BCUT2D eigenvalue weighted by molar-refractivity contribution is 7.61. The van der Waals surface area contributed by atoms with Crippen molar-refractivity contribution in [3.63, 3.8) is 0 Å². The summed E-state index contributed by atoms with van der Waals surface area (Å²) in [5.74, 6) is -1.30. The van der Waals surface area contributed by atoms with Gasteiger partial charge < -0.3 is 10.4 Å². The van der Waals surface area contributed by atoms with E-state index in [9.17, 15) is 18.0 Å². The minimum Gasteiger partial charge on any atom is -0.480 e. The molecule has 2 rings (SSSR count). The van der Waals surface area contributed by atoms with Crippen LogP contribution in [0.4, 0.5) is 5.69 Å². The number of nitrogens with zero attached hydrogens (tertiary/aromatic N) is 1. The number of anilines is 1. The summed E-state index contributed by atoms with van der Waals surface area (Å²) in [4.78, 5) is 20.4. The molecule has 116 valence electrons. The third kappa shape index (κ3) is 6.62. The minimum absolute atomic E-state index is 0.0414. The van der Waals surface area contributed by atoms with Crippen LogP contribution in [0.2, 0.25) is 0 Å². The standard InChI is InChI=1S/C12H11NO.C2H3NO4S/c1-9(14)13-12-7-6-10-4-2-3-5-11(10)8-12;4-2(5)1-3-8(6)7/h2-8H,1H3,(H,13,14);1H2,(H,4,5). The van der Waals surface area contributed by atoms with Gasteiger partial charge in [0.1, 0.15) is 0 Å².